The van der Waals surface area contributed by atoms with Crippen LogP contribution in [-0.2, 0) is 10.3 Å². The first-order valence-electron chi connectivity index (χ1n) is 11.2. The summed E-state index contributed by atoms with van der Waals surface area (Å²) in [5, 5.41) is 19.6. The summed E-state index contributed by atoms with van der Waals surface area (Å²) in [6.45, 7) is 7.42. The number of hydrogen-bond donors (Lipinski definition) is 1. The quantitative estimate of drug-likeness (QED) is 0.719. The van der Waals surface area contributed by atoms with E-state index in [1.165, 1.54) is 0 Å². The van der Waals surface area contributed by atoms with Crippen LogP contribution in [0.3, 0.4) is 0 Å². The van der Waals surface area contributed by atoms with E-state index < -0.39 is 11.2 Å². The molecule has 1 aromatic carbocycles. The van der Waals surface area contributed by atoms with Crippen LogP contribution in [0.4, 0.5) is 10.6 Å². The van der Waals surface area contributed by atoms with Gasteiger partial charge in [0.1, 0.15) is 5.60 Å². The van der Waals surface area contributed by atoms with Crippen LogP contribution in [-0.4, -0.2) is 57.6 Å². The fraction of sp³-hybridized carbons (Fsp3) is 0.542. The zero-order valence-electron chi connectivity index (χ0n) is 18.9. The van der Waals surface area contributed by atoms with Gasteiger partial charge in [0.15, 0.2) is 5.82 Å². The Kier molecular flexibility index (Phi) is 6.32. The lowest BCUT2D eigenvalue weighted by Gasteiger charge is -2.47. The van der Waals surface area contributed by atoms with Crippen LogP contribution in [0.2, 0.25) is 5.02 Å². The Bertz CT molecular complexity index is 965. The topological polar surface area (TPSA) is 78.8 Å². The summed E-state index contributed by atoms with van der Waals surface area (Å²) in [5.41, 5.74) is -0.182. The Morgan fingerprint density at radius 1 is 1.25 bits per heavy atom. The van der Waals surface area contributed by atoms with E-state index in [0.29, 0.717) is 36.6 Å². The number of aliphatic hydroxyl groups is 1. The zero-order chi connectivity index (χ0) is 22.9. The van der Waals surface area contributed by atoms with E-state index in [2.05, 4.69) is 15.1 Å². The molecule has 1 aromatic heterocycles. The number of halogens is 1. The monoisotopic (exact) mass is 458 g/mol. The molecule has 0 saturated carbocycles. The lowest BCUT2D eigenvalue weighted by Crippen LogP contribution is -2.57. The van der Waals surface area contributed by atoms with Gasteiger partial charge in [-0.25, -0.2) is 4.79 Å². The molecule has 1 N–H and O–H groups in total. The van der Waals surface area contributed by atoms with Gasteiger partial charge >= 0.3 is 6.09 Å². The summed E-state index contributed by atoms with van der Waals surface area (Å²) in [4.78, 5) is 17.2. The maximum absolute atomic E-state index is 13.3. The van der Waals surface area contributed by atoms with Crippen molar-refractivity contribution in [1.82, 2.24) is 15.1 Å². The van der Waals surface area contributed by atoms with Crippen molar-refractivity contribution in [2.24, 2.45) is 0 Å². The van der Waals surface area contributed by atoms with Gasteiger partial charge in [0, 0.05) is 38.5 Å². The Labute approximate surface area is 194 Å². The van der Waals surface area contributed by atoms with Gasteiger partial charge in [0.25, 0.3) is 0 Å². The molecule has 32 heavy (non-hydrogen) atoms. The van der Waals surface area contributed by atoms with E-state index in [-0.39, 0.29) is 12.1 Å². The van der Waals surface area contributed by atoms with Gasteiger partial charge < -0.3 is 19.6 Å². The molecular formula is C24H31ClN4O3. The van der Waals surface area contributed by atoms with Gasteiger partial charge in [0.05, 0.1) is 22.4 Å². The van der Waals surface area contributed by atoms with Gasteiger partial charge in [-0.2, -0.15) is 5.10 Å². The smallest absolute Gasteiger partial charge is 0.410 e. The summed E-state index contributed by atoms with van der Waals surface area (Å²) in [6.07, 6.45) is 2.48. The SMILES string of the molecule is Cc1nnc(N2CCCC(N3CCC(CC(C)(C)O)(c4ccccc4)OC3=O)C2)cc1Cl. The second-order valence-electron chi connectivity index (χ2n) is 9.54. The van der Waals surface area contributed by atoms with Crippen molar-refractivity contribution in [2.75, 3.05) is 24.5 Å². The highest BCUT2D eigenvalue weighted by molar-refractivity contribution is 6.31. The highest BCUT2D eigenvalue weighted by atomic mass is 35.5. The molecule has 0 spiro atoms. The van der Waals surface area contributed by atoms with Crippen LogP contribution in [0.5, 0.6) is 0 Å². The standard InChI is InChI=1S/C24H31ClN4O3/c1-17-20(25)14-21(27-26-17)28-12-7-10-19(15-28)29-13-11-24(32-22(29)30,16-23(2,3)31)18-8-5-4-6-9-18/h4-6,8-9,14,19,31H,7,10-13,15-16H2,1-3H3. The Balaban J connectivity index is 1.51. The minimum Gasteiger partial charge on any atom is -0.438 e. The molecular weight excluding hydrogens is 428 g/mol. The maximum atomic E-state index is 13.3. The summed E-state index contributed by atoms with van der Waals surface area (Å²) in [5.74, 6) is 0.733. The number of amides is 1. The predicted octanol–water partition coefficient (Wildman–Crippen LogP) is 4.31. The van der Waals surface area contributed by atoms with Gasteiger partial charge in [-0.05, 0) is 39.2 Å². The van der Waals surface area contributed by atoms with Crippen molar-refractivity contribution >= 4 is 23.5 Å². The number of piperidine rings is 1. The number of anilines is 1. The molecule has 0 aliphatic carbocycles. The third-order valence-corrected chi connectivity index (χ3v) is 6.74. The fourth-order valence-corrected chi connectivity index (χ4v) is 5.00. The van der Waals surface area contributed by atoms with E-state index in [1.807, 2.05) is 48.2 Å². The van der Waals surface area contributed by atoms with E-state index in [9.17, 15) is 9.90 Å². The number of carbonyl (C=O) groups excluding carboxylic acids is 1. The Morgan fingerprint density at radius 3 is 2.66 bits per heavy atom. The minimum absolute atomic E-state index is 0.0223. The molecule has 7 nitrogen and oxygen atoms in total. The predicted molar refractivity (Wildman–Crippen MR) is 124 cm³/mol. The molecule has 2 aliphatic heterocycles. The molecule has 3 heterocycles. The summed E-state index contributed by atoms with van der Waals surface area (Å²) in [7, 11) is 0. The van der Waals surface area contributed by atoms with Crippen molar-refractivity contribution in [3.8, 4) is 0 Å². The highest BCUT2D eigenvalue weighted by Gasteiger charge is 2.47. The third kappa shape index (κ3) is 4.84. The number of benzene rings is 1. The first-order valence-corrected chi connectivity index (χ1v) is 11.6. The molecule has 0 radical (unpaired) electrons. The number of cyclic esters (lactones) is 1. The van der Waals surface area contributed by atoms with E-state index in [1.54, 1.807) is 13.8 Å². The van der Waals surface area contributed by atoms with Crippen molar-refractivity contribution < 1.29 is 14.6 Å². The number of hydrogen-bond acceptors (Lipinski definition) is 6. The minimum atomic E-state index is -0.969. The molecule has 172 valence electrons. The van der Waals surface area contributed by atoms with Gasteiger partial charge in [-0.3, -0.25) is 0 Å². The first-order chi connectivity index (χ1) is 15.2. The average Bonchev–Trinajstić information content (AvgIpc) is 2.75. The third-order valence-electron chi connectivity index (χ3n) is 6.36. The molecule has 2 unspecified atom stereocenters. The summed E-state index contributed by atoms with van der Waals surface area (Å²) in [6, 6.07) is 11.6. The molecule has 2 aliphatic rings. The number of ether oxygens (including phenoxy) is 1. The van der Waals surface area contributed by atoms with Crippen molar-refractivity contribution in [2.45, 2.75) is 63.7 Å². The van der Waals surface area contributed by atoms with Crippen LogP contribution >= 0.6 is 11.6 Å². The molecule has 2 aromatic rings. The molecule has 2 saturated heterocycles. The van der Waals surface area contributed by atoms with Crippen molar-refractivity contribution in [3.63, 3.8) is 0 Å². The largest absolute Gasteiger partial charge is 0.438 e. The second-order valence-corrected chi connectivity index (χ2v) is 9.95. The van der Waals surface area contributed by atoms with Crippen LogP contribution in [0.25, 0.3) is 0 Å². The summed E-state index contributed by atoms with van der Waals surface area (Å²) >= 11 is 6.25. The summed E-state index contributed by atoms with van der Waals surface area (Å²) < 4.78 is 6.14. The first kappa shape index (κ1) is 22.8. The van der Waals surface area contributed by atoms with Gasteiger partial charge in [-0.1, -0.05) is 41.9 Å². The van der Waals surface area contributed by atoms with Crippen LogP contribution in [0.1, 0.15) is 50.8 Å². The number of aryl methyl sites for hydroxylation is 1. The molecule has 0 bridgehead atoms. The average molecular weight is 459 g/mol. The second kappa shape index (κ2) is 8.87. The van der Waals surface area contributed by atoms with Crippen molar-refractivity contribution in [3.05, 3.63) is 52.7 Å². The molecule has 2 atom stereocenters. The zero-order valence-corrected chi connectivity index (χ0v) is 19.7. The van der Waals surface area contributed by atoms with E-state index in [4.69, 9.17) is 16.3 Å². The number of carbonyl (C=O) groups is 1. The number of nitrogens with zero attached hydrogens (tertiary/aromatic N) is 4. The molecule has 8 heteroatoms. The lowest BCUT2D eigenvalue weighted by molar-refractivity contribution is -0.102. The van der Waals surface area contributed by atoms with Crippen LogP contribution < -0.4 is 4.90 Å². The van der Waals surface area contributed by atoms with Gasteiger partial charge in [0.2, 0.25) is 0 Å². The molecule has 4 rings (SSSR count). The lowest BCUT2D eigenvalue weighted by atomic mass is 9.80. The number of aromatic nitrogens is 2. The van der Waals surface area contributed by atoms with E-state index >= 15 is 0 Å². The normalized spacial score (nSPS) is 24.4. The maximum Gasteiger partial charge on any atom is 0.410 e. The van der Waals surface area contributed by atoms with Gasteiger partial charge in [-0.15, -0.1) is 5.10 Å². The molecule has 1 amide bonds. The van der Waals surface area contributed by atoms with E-state index in [0.717, 1.165) is 30.8 Å². The number of rotatable bonds is 5. The van der Waals surface area contributed by atoms with Crippen molar-refractivity contribution in [1.29, 1.82) is 0 Å². The van der Waals surface area contributed by atoms with Crippen LogP contribution in [0.15, 0.2) is 36.4 Å². The molecule has 2 fully saturated rings. The van der Waals surface area contributed by atoms with Crippen LogP contribution in [0, 0.1) is 6.92 Å². The Morgan fingerprint density at radius 2 is 2.00 bits per heavy atom. The Hall–Kier alpha value is -2.38. The fourth-order valence-electron chi connectivity index (χ4n) is 4.86. The highest BCUT2D eigenvalue weighted by Crippen LogP contribution is 2.41.